The Morgan fingerprint density at radius 2 is 2.15 bits per heavy atom. The lowest BCUT2D eigenvalue weighted by Gasteiger charge is -2.11. The van der Waals surface area contributed by atoms with Gasteiger partial charge in [0.15, 0.2) is 0 Å². The van der Waals surface area contributed by atoms with Crippen molar-refractivity contribution in [2.24, 2.45) is 0 Å². The highest BCUT2D eigenvalue weighted by molar-refractivity contribution is 5.23. The molecule has 0 aliphatic heterocycles. The fraction of sp³-hybridized carbons (Fsp3) is 0.556. The fourth-order valence-electron chi connectivity index (χ4n) is 1.89. The van der Waals surface area contributed by atoms with Gasteiger partial charge in [-0.25, -0.2) is 4.79 Å². The minimum atomic E-state index is -0.216. The molecule has 1 saturated carbocycles. The van der Waals surface area contributed by atoms with Gasteiger partial charge < -0.3 is 5.73 Å². The monoisotopic (exact) mass is 179 g/mol. The Kier molecular flexibility index (Phi) is 2.04. The summed E-state index contributed by atoms with van der Waals surface area (Å²) in [6, 6.07) is 2.03. The second-order valence-electron chi connectivity index (χ2n) is 3.48. The largest absolute Gasteiger partial charge is 0.383 e. The van der Waals surface area contributed by atoms with Crippen LogP contribution in [0.5, 0.6) is 0 Å². The van der Waals surface area contributed by atoms with E-state index in [1.807, 2.05) is 0 Å². The van der Waals surface area contributed by atoms with Gasteiger partial charge in [0.2, 0.25) is 0 Å². The number of nitrogens with two attached hydrogens (primary N) is 1. The molecule has 2 rings (SSSR count). The zero-order valence-corrected chi connectivity index (χ0v) is 7.44. The van der Waals surface area contributed by atoms with E-state index in [0.29, 0.717) is 11.9 Å². The third-order valence-corrected chi connectivity index (χ3v) is 2.57. The predicted molar refractivity (Wildman–Crippen MR) is 50.4 cm³/mol. The maximum Gasteiger partial charge on any atom is 0.349 e. The number of nitrogens with zero attached hydrogens (tertiary/aromatic N) is 2. The first-order valence-corrected chi connectivity index (χ1v) is 4.62. The normalized spacial score (nSPS) is 17.8. The lowest BCUT2D eigenvalue weighted by atomic mass is 10.2. The molecule has 1 aromatic rings. The molecule has 1 fully saturated rings. The van der Waals surface area contributed by atoms with Crippen molar-refractivity contribution in [2.45, 2.75) is 31.7 Å². The molecule has 70 valence electrons. The second-order valence-corrected chi connectivity index (χ2v) is 3.48. The molecule has 1 heterocycles. The van der Waals surface area contributed by atoms with Gasteiger partial charge in [-0.05, 0) is 18.9 Å². The van der Waals surface area contributed by atoms with Gasteiger partial charge in [0, 0.05) is 12.2 Å². The Balaban J connectivity index is 2.34. The van der Waals surface area contributed by atoms with Crippen LogP contribution < -0.4 is 11.4 Å². The first-order valence-electron chi connectivity index (χ1n) is 4.62. The SMILES string of the molecule is Nc1ccn(C2CCCC2)c(=O)n1. The van der Waals surface area contributed by atoms with Crippen LogP contribution in [0.3, 0.4) is 0 Å². The van der Waals surface area contributed by atoms with Crippen LogP contribution in [-0.4, -0.2) is 9.55 Å². The lowest BCUT2D eigenvalue weighted by molar-refractivity contribution is 0.493. The highest BCUT2D eigenvalue weighted by Gasteiger charge is 2.17. The molecule has 13 heavy (non-hydrogen) atoms. The predicted octanol–water partition coefficient (Wildman–Crippen LogP) is 0.941. The summed E-state index contributed by atoms with van der Waals surface area (Å²) in [6.45, 7) is 0. The molecule has 0 saturated heterocycles. The number of hydrogen-bond acceptors (Lipinski definition) is 3. The zero-order chi connectivity index (χ0) is 9.26. The molecule has 0 spiro atoms. The average molecular weight is 179 g/mol. The van der Waals surface area contributed by atoms with Crippen LogP contribution in [0.15, 0.2) is 17.1 Å². The van der Waals surface area contributed by atoms with Gasteiger partial charge >= 0.3 is 5.69 Å². The van der Waals surface area contributed by atoms with Gasteiger partial charge in [-0.1, -0.05) is 12.8 Å². The summed E-state index contributed by atoms with van der Waals surface area (Å²) in [6.07, 6.45) is 6.35. The summed E-state index contributed by atoms with van der Waals surface area (Å²) in [5, 5.41) is 0. The molecular weight excluding hydrogens is 166 g/mol. The maximum atomic E-state index is 11.4. The molecular formula is C9H13N3O. The molecule has 0 atom stereocenters. The van der Waals surface area contributed by atoms with Crippen LogP contribution in [0.2, 0.25) is 0 Å². The zero-order valence-electron chi connectivity index (χ0n) is 7.44. The smallest absolute Gasteiger partial charge is 0.349 e. The van der Waals surface area contributed by atoms with Crippen LogP contribution in [0.25, 0.3) is 0 Å². The van der Waals surface area contributed by atoms with E-state index >= 15 is 0 Å². The van der Waals surface area contributed by atoms with Gasteiger partial charge in [0.05, 0.1) is 0 Å². The van der Waals surface area contributed by atoms with E-state index in [-0.39, 0.29) is 5.69 Å². The van der Waals surface area contributed by atoms with E-state index in [2.05, 4.69) is 4.98 Å². The molecule has 0 amide bonds. The van der Waals surface area contributed by atoms with E-state index < -0.39 is 0 Å². The van der Waals surface area contributed by atoms with Crippen LogP contribution in [-0.2, 0) is 0 Å². The summed E-state index contributed by atoms with van der Waals surface area (Å²) >= 11 is 0. The Bertz CT molecular complexity index is 352. The third kappa shape index (κ3) is 1.56. The molecule has 4 nitrogen and oxygen atoms in total. The summed E-state index contributed by atoms with van der Waals surface area (Å²) < 4.78 is 1.70. The molecule has 1 aliphatic carbocycles. The summed E-state index contributed by atoms with van der Waals surface area (Å²) in [7, 11) is 0. The maximum absolute atomic E-state index is 11.4. The van der Waals surface area contributed by atoms with E-state index in [9.17, 15) is 4.79 Å². The Hall–Kier alpha value is -1.32. The van der Waals surface area contributed by atoms with Gasteiger partial charge in [-0.15, -0.1) is 0 Å². The van der Waals surface area contributed by atoms with Crippen molar-refractivity contribution in [3.05, 3.63) is 22.7 Å². The van der Waals surface area contributed by atoms with Gasteiger partial charge in [0.1, 0.15) is 5.82 Å². The Morgan fingerprint density at radius 3 is 2.77 bits per heavy atom. The lowest BCUT2D eigenvalue weighted by Crippen LogP contribution is -2.25. The molecule has 0 aromatic carbocycles. The minimum Gasteiger partial charge on any atom is -0.383 e. The molecule has 0 unspecified atom stereocenters. The average Bonchev–Trinajstić information content (AvgIpc) is 2.56. The van der Waals surface area contributed by atoms with Crippen molar-refractivity contribution in [1.29, 1.82) is 0 Å². The fourth-order valence-corrected chi connectivity index (χ4v) is 1.89. The summed E-state index contributed by atoms with van der Waals surface area (Å²) in [4.78, 5) is 15.1. The van der Waals surface area contributed by atoms with E-state index in [1.54, 1.807) is 16.8 Å². The van der Waals surface area contributed by atoms with E-state index in [1.165, 1.54) is 12.8 Å². The van der Waals surface area contributed by atoms with Gasteiger partial charge in [-0.2, -0.15) is 4.98 Å². The highest BCUT2D eigenvalue weighted by atomic mass is 16.1. The number of nitrogen functional groups attached to an aromatic ring is 1. The molecule has 1 aliphatic rings. The van der Waals surface area contributed by atoms with Gasteiger partial charge in [-0.3, -0.25) is 4.57 Å². The van der Waals surface area contributed by atoms with Crippen LogP contribution in [0.4, 0.5) is 5.82 Å². The Morgan fingerprint density at radius 1 is 1.46 bits per heavy atom. The number of rotatable bonds is 1. The van der Waals surface area contributed by atoms with Crippen molar-refractivity contribution in [3.8, 4) is 0 Å². The standard InChI is InChI=1S/C9H13N3O/c10-8-5-6-12(9(13)11-8)7-3-1-2-4-7/h5-7H,1-4H2,(H2,10,11,13). The topological polar surface area (TPSA) is 60.9 Å². The molecule has 0 radical (unpaired) electrons. The van der Waals surface area contributed by atoms with Crippen LogP contribution in [0.1, 0.15) is 31.7 Å². The quantitative estimate of drug-likeness (QED) is 0.698. The summed E-state index contributed by atoms with van der Waals surface area (Å²) in [5.74, 6) is 0.305. The third-order valence-electron chi connectivity index (χ3n) is 2.57. The number of anilines is 1. The van der Waals surface area contributed by atoms with Crippen molar-refractivity contribution in [2.75, 3.05) is 5.73 Å². The van der Waals surface area contributed by atoms with Crippen molar-refractivity contribution >= 4 is 5.82 Å². The number of hydrogen-bond donors (Lipinski definition) is 1. The van der Waals surface area contributed by atoms with E-state index in [0.717, 1.165) is 12.8 Å². The number of aromatic nitrogens is 2. The molecule has 4 heteroatoms. The van der Waals surface area contributed by atoms with E-state index in [4.69, 9.17) is 5.73 Å². The molecule has 1 aromatic heterocycles. The summed E-state index contributed by atoms with van der Waals surface area (Å²) in [5.41, 5.74) is 5.19. The van der Waals surface area contributed by atoms with Crippen molar-refractivity contribution in [3.63, 3.8) is 0 Å². The second kappa shape index (κ2) is 3.20. The first kappa shape index (κ1) is 8.29. The molecule has 2 N–H and O–H groups in total. The van der Waals surface area contributed by atoms with Gasteiger partial charge in [0.25, 0.3) is 0 Å². The van der Waals surface area contributed by atoms with Crippen molar-refractivity contribution < 1.29 is 0 Å². The minimum absolute atomic E-state index is 0.216. The highest BCUT2D eigenvalue weighted by Crippen LogP contribution is 2.27. The van der Waals surface area contributed by atoms with Crippen LogP contribution >= 0.6 is 0 Å². The Labute approximate surface area is 76.4 Å². The van der Waals surface area contributed by atoms with Crippen molar-refractivity contribution in [1.82, 2.24) is 9.55 Å². The first-order chi connectivity index (χ1) is 6.27. The molecule has 0 bridgehead atoms. The van der Waals surface area contributed by atoms with Crippen LogP contribution in [0, 0.1) is 0 Å².